The highest BCUT2D eigenvalue weighted by Gasteiger charge is 2.29. The van der Waals surface area contributed by atoms with Crippen LogP contribution in [0.25, 0.3) is 11.0 Å². The zero-order valence-corrected chi connectivity index (χ0v) is 11.6. The second-order valence-corrected chi connectivity index (χ2v) is 4.87. The SMILES string of the molecule is CCC(N)(CC)C(=O)Nc1ccc2nc(C)[nH]c2c1. The number of imidazole rings is 1. The van der Waals surface area contributed by atoms with E-state index in [-0.39, 0.29) is 5.91 Å². The first-order valence-electron chi connectivity index (χ1n) is 6.55. The summed E-state index contributed by atoms with van der Waals surface area (Å²) in [5.41, 5.74) is 7.80. The van der Waals surface area contributed by atoms with Crippen molar-refractivity contribution in [3.05, 3.63) is 24.0 Å². The zero-order chi connectivity index (χ0) is 14.0. The summed E-state index contributed by atoms with van der Waals surface area (Å²) in [4.78, 5) is 19.6. The Balaban J connectivity index is 2.23. The van der Waals surface area contributed by atoms with Gasteiger partial charge in [-0.25, -0.2) is 4.98 Å². The van der Waals surface area contributed by atoms with Crippen LogP contribution in [0.4, 0.5) is 5.69 Å². The molecule has 0 unspecified atom stereocenters. The van der Waals surface area contributed by atoms with Gasteiger partial charge in [0.05, 0.1) is 16.6 Å². The number of H-pyrrole nitrogens is 1. The number of amides is 1. The molecule has 0 aliphatic heterocycles. The van der Waals surface area contributed by atoms with Crippen molar-refractivity contribution < 1.29 is 4.79 Å². The van der Waals surface area contributed by atoms with E-state index in [1.54, 1.807) is 0 Å². The normalized spacial score (nSPS) is 11.8. The topological polar surface area (TPSA) is 83.8 Å². The van der Waals surface area contributed by atoms with Crippen molar-refractivity contribution in [2.75, 3.05) is 5.32 Å². The molecule has 1 amide bonds. The number of hydrogen-bond acceptors (Lipinski definition) is 3. The van der Waals surface area contributed by atoms with Crippen molar-refractivity contribution >= 4 is 22.6 Å². The standard InChI is InChI=1S/C14H20N4O/c1-4-14(15,5-2)13(19)18-10-6-7-11-12(8-10)17-9(3)16-11/h6-8H,4-5,15H2,1-3H3,(H,16,17)(H,18,19). The van der Waals surface area contributed by atoms with E-state index < -0.39 is 5.54 Å². The summed E-state index contributed by atoms with van der Waals surface area (Å²) in [6, 6.07) is 5.59. The molecule has 0 atom stereocenters. The zero-order valence-electron chi connectivity index (χ0n) is 11.6. The number of nitrogens with zero attached hydrogens (tertiary/aromatic N) is 1. The van der Waals surface area contributed by atoms with Crippen LogP contribution >= 0.6 is 0 Å². The lowest BCUT2D eigenvalue weighted by atomic mass is 9.93. The molecule has 1 heterocycles. The van der Waals surface area contributed by atoms with Crippen molar-refractivity contribution in [1.82, 2.24) is 9.97 Å². The molecule has 1 aromatic heterocycles. The molecule has 4 N–H and O–H groups in total. The highest BCUT2D eigenvalue weighted by molar-refractivity contribution is 5.99. The Hall–Kier alpha value is -1.88. The highest BCUT2D eigenvalue weighted by Crippen LogP contribution is 2.19. The quantitative estimate of drug-likeness (QED) is 0.788. The summed E-state index contributed by atoms with van der Waals surface area (Å²) < 4.78 is 0. The van der Waals surface area contributed by atoms with Crippen molar-refractivity contribution in [1.29, 1.82) is 0 Å². The monoisotopic (exact) mass is 260 g/mol. The molecule has 2 rings (SSSR count). The van der Waals surface area contributed by atoms with Gasteiger partial charge in [-0.15, -0.1) is 0 Å². The van der Waals surface area contributed by atoms with Crippen LogP contribution in [0.5, 0.6) is 0 Å². The third-order valence-electron chi connectivity index (χ3n) is 3.57. The molecular weight excluding hydrogens is 240 g/mol. The first-order valence-corrected chi connectivity index (χ1v) is 6.55. The molecule has 0 aliphatic rings. The Kier molecular flexibility index (Phi) is 3.57. The van der Waals surface area contributed by atoms with E-state index in [1.165, 1.54) is 0 Å². The lowest BCUT2D eigenvalue weighted by Crippen LogP contribution is -2.50. The molecule has 0 saturated heterocycles. The summed E-state index contributed by atoms with van der Waals surface area (Å²) in [6.45, 7) is 5.74. The molecule has 0 saturated carbocycles. The van der Waals surface area contributed by atoms with Gasteiger partial charge in [-0.05, 0) is 38.0 Å². The third-order valence-corrected chi connectivity index (χ3v) is 3.57. The first-order chi connectivity index (χ1) is 8.98. The third kappa shape index (κ3) is 2.61. The fraction of sp³-hybridized carbons (Fsp3) is 0.429. The number of anilines is 1. The Morgan fingerprint density at radius 3 is 2.74 bits per heavy atom. The number of fused-ring (bicyclic) bond motifs is 1. The van der Waals surface area contributed by atoms with Gasteiger partial charge in [-0.2, -0.15) is 0 Å². The minimum atomic E-state index is -0.807. The summed E-state index contributed by atoms with van der Waals surface area (Å²) >= 11 is 0. The van der Waals surface area contributed by atoms with E-state index in [4.69, 9.17) is 5.73 Å². The van der Waals surface area contributed by atoms with E-state index in [2.05, 4.69) is 15.3 Å². The molecule has 19 heavy (non-hydrogen) atoms. The number of hydrogen-bond donors (Lipinski definition) is 3. The van der Waals surface area contributed by atoms with Crippen LogP contribution in [-0.2, 0) is 4.79 Å². The summed E-state index contributed by atoms with van der Waals surface area (Å²) in [5.74, 6) is 0.710. The largest absolute Gasteiger partial charge is 0.342 e. The van der Waals surface area contributed by atoms with E-state index in [1.807, 2.05) is 39.0 Å². The molecule has 102 valence electrons. The molecule has 5 nitrogen and oxygen atoms in total. The molecule has 0 aliphatic carbocycles. The summed E-state index contributed by atoms with van der Waals surface area (Å²) in [7, 11) is 0. The molecular formula is C14H20N4O. The number of carbonyl (C=O) groups is 1. The minimum absolute atomic E-state index is 0.145. The van der Waals surface area contributed by atoms with Gasteiger partial charge < -0.3 is 16.0 Å². The maximum Gasteiger partial charge on any atom is 0.244 e. The van der Waals surface area contributed by atoms with Gasteiger partial charge in [0.25, 0.3) is 0 Å². The number of benzene rings is 1. The average molecular weight is 260 g/mol. The number of nitrogens with two attached hydrogens (primary N) is 1. The average Bonchev–Trinajstić information content (AvgIpc) is 2.77. The minimum Gasteiger partial charge on any atom is -0.342 e. The van der Waals surface area contributed by atoms with Crippen LogP contribution in [0.15, 0.2) is 18.2 Å². The smallest absolute Gasteiger partial charge is 0.244 e. The van der Waals surface area contributed by atoms with Gasteiger partial charge in [0.1, 0.15) is 5.82 Å². The molecule has 0 fully saturated rings. The number of aromatic nitrogens is 2. The van der Waals surface area contributed by atoms with Crippen LogP contribution in [0, 0.1) is 6.92 Å². The van der Waals surface area contributed by atoms with Gasteiger partial charge in [-0.1, -0.05) is 13.8 Å². The fourth-order valence-corrected chi connectivity index (χ4v) is 2.04. The van der Waals surface area contributed by atoms with Gasteiger partial charge in [0.2, 0.25) is 5.91 Å². The Morgan fingerprint density at radius 2 is 2.11 bits per heavy atom. The number of aromatic amines is 1. The molecule has 5 heteroatoms. The summed E-state index contributed by atoms with van der Waals surface area (Å²) in [6.07, 6.45) is 1.22. The summed E-state index contributed by atoms with van der Waals surface area (Å²) in [5, 5.41) is 2.87. The molecule has 1 aromatic carbocycles. The maximum atomic E-state index is 12.2. The van der Waals surface area contributed by atoms with Gasteiger partial charge in [0, 0.05) is 5.69 Å². The van der Waals surface area contributed by atoms with Gasteiger partial charge >= 0.3 is 0 Å². The van der Waals surface area contributed by atoms with Crippen LogP contribution in [0.3, 0.4) is 0 Å². The van der Waals surface area contributed by atoms with Gasteiger partial charge in [-0.3, -0.25) is 4.79 Å². The predicted molar refractivity (Wildman–Crippen MR) is 77.0 cm³/mol. The second kappa shape index (κ2) is 5.01. The lowest BCUT2D eigenvalue weighted by Gasteiger charge is -2.25. The Morgan fingerprint density at radius 1 is 1.42 bits per heavy atom. The van der Waals surface area contributed by atoms with Crippen molar-refractivity contribution in [3.8, 4) is 0 Å². The second-order valence-electron chi connectivity index (χ2n) is 4.87. The predicted octanol–water partition coefficient (Wildman–Crippen LogP) is 2.33. The van der Waals surface area contributed by atoms with Crippen LogP contribution in [0.1, 0.15) is 32.5 Å². The lowest BCUT2D eigenvalue weighted by molar-refractivity contribution is -0.121. The van der Waals surface area contributed by atoms with E-state index in [9.17, 15) is 4.79 Å². The van der Waals surface area contributed by atoms with Crippen molar-refractivity contribution in [2.24, 2.45) is 5.73 Å². The van der Waals surface area contributed by atoms with E-state index in [0.29, 0.717) is 12.8 Å². The number of rotatable bonds is 4. The first kappa shape index (κ1) is 13.5. The fourth-order valence-electron chi connectivity index (χ4n) is 2.04. The van der Waals surface area contributed by atoms with Crippen LogP contribution < -0.4 is 11.1 Å². The van der Waals surface area contributed by atoms with Crippen LogP contribution in [0.2, 0.25) is 0 Å². The van der Waals surface area contributed by atoms with E-state index in [0.717, 1.165) is 22.5 Å². The van der Waals surface area contributed by atoms with E-state index >= 15 is 0 Å². The van der Waals surface area contributed by atoms with Crippen LogP contribution in [-0.4, -0.2) is 21.4 Å². The Bertz CT molecular complexity index is 599. The Labute approximate surface area is 112 Å². The van der Waals surface area contributed by atoms with Gasteiger partial charge in [0.15, 0.2) is 0 Å². The van der Waals surface area contributed by atoms with Crippen molar-refractivity contribution in [3.63, 3.8) is 0 Å². The molecule has 0 spiro atoms. The number of carbonyl (C=O) groups excluding carboxylic acids is 1. The molecule has 0 bridgehead atoms. The molecule has 2 aromatic rings. The number of aryl methyl sites for hydroxylation is 1. The highest BCUT2D eigenvalue weighted by atomic mass is 16.2. The molecule has 0 radical (unpaired) electrons. The maximum absolute atomic E-state index is 12.2. The van der Waals surface area contributed by atoms with Crippen molar-refractivity contribution in [2.45, 2.75) is 39.2 Å². The number of nitrogens with one attached hydrogen (secondary N) is 2.